The van der Waals surface area contributed by atoms with Gasteiger partial charge in [-0.05, 0) is 95.1 Å². The maximum absolute atomic E-state index is 13.3. The SMILES string of the molecule is COc1cc(/C=C/C(=O)OC[C@H]2O[C@H](O[C@]3(CO)O[C@H](COC(=O)/C=C/c4ccc(O)cc4)[C@@H](O)[C@@H]3OC(=O)/C=C/c3ccc(O)cc3)[C@H](O)[C@@H](OC(=O)/C=C/c3ccc(O)c(OC)c3)[C@@H]2O)ccc1O. The van der Waals surface area contributed by atoms with Crippen molar-refractivity contribution < 1.29 is 103 Å². The van der Waals surface area contributed by atoms with Crippen molar-refractivity contribution in [2.45, 2.75) is 54.8 Å². The van der Waals surface area contributed by atoms with Gasteiger partial charge in [-0.1, -0.05) is 36.4 Å². The van der Waals surface area contributed by atoms with E-state index in [9.17, 15) is 60.0 Å². The number of phenolic OH excluding ortho intramolecular Hbond substituents is 4. The first kappa shape index (κ1) is 52.6. The van der Waals surface area contributed by atoms with Gasteiger partial charge in [-0.15, -0.1) is 0 Å². The minimum absolute atomic E-state index is 0.00563. The molecule has 0 aromatic heterocycles. The van der Waals surface area contributed by atoms with Gasteiger partial charge < -0.3 is 83.5 Å². The average Bonchev–Trinajstić information content (AvgIpc) is 3.62. The van der Waals surface area contributed by atoms with E-state index in [2.05, 4.69) is 0 Å². The van der Waals surface area contributed by atoms with E-state index in [1.54, 1.807) is 0 Å². The molecule has 2 saturated heterocycles. The number of aliphatic hydroxyl groups excluding tert-OH is 4. The molecule has 376 valence electrons. The van der Waals surface area contributed by atoms with Crippen LogP contribution in [0.5, 0.6) is 34.5 Å². The van der Waals surface area contributed by atoms with Gasteiger partial charge in [-0.25, -0.2) is 19.2 Å². The number of aliphatic hydroxyl groups is 4. The van der Waals surface area contributed by atoms with Crippen LogP contribution < -0.4 is 9.47 Å². The number of carbonyl (C=O) groups excluding carboxylic acids is 4. The summed E-state index contributed by atoms with van der Waals surface area (Å²) < 4.78 is 49.8. The molecule has 0 aliphatic carbocycles. The number of carbonyl (C=O) groups is 4. The topological polar surface area (TPSA) is 313 Å². The Morgan fingerprint density at radius 1 is 0.563 bits per heavy atom. The summed E-state index contributed by atoms with van der Waals surface area (Å²) in [5.74, 6) is -7.03. The molecule has 0 bridgehead atoms. The van der Waals surface area contributed by atoms with Crippen molar-refractivity contribution in [3.63, 3.8) is 0 Å². The van der Waals surface area contributed by atoms with Crippen molar-refractivity contribution in [3.05, 3.63) is 131 Å². The Kier molecular flexibility index (Phi) is 17.9. The van der Waals surface area contributed by atoms with E-state index in [4.69, 9.17) is 42.6 Å². The van der Waals surface area contributed by atoms with E-state index < -0.39 is 98.5 Å². The van der Waals surface area contributed by atoms with E-state index in [-0.39, 0.29) is 34.5 Å². The van der Waals surface area contributed by atoms with Gasteiger partial charge in [-0.2, -0.15) is 0 Å². The second-order valence-corrected chi connectivity index (χ2v) is 15.7. The van der Waals surface area contributed by atoms with Gasteiger partial charge in [-0.3, -0.25) is 0 Å². The van der Waals surface area contributed by atoms with Crippen molar-refractivity contribution in [1.29, 1.82) is 0 Å². The minimum Gasteiger partial charge on any atom is -0.508 e. The third-order valence-corrected chi connectivity index (χ3v) is 10.8. The molecule has 21 heteroatoms. The molecule has 8 N–H and O–H groups in total. The summed E-state index contributed by atoms with van der Waals surface area (Å²) in [4.78, 5) is 52.4. The second-order valence-electron chi connectivity index (χ2n) is 15.7. The van der Waals surface area contributed by atoms with Gasteiger partial charge in [0.15, 0.2) is 41.5 Å². The van der Waals surface area contributed by atoms with Gasteiger partial charge in [0, 0.05) is 24.3 Å². The number of hydrogen-bond donors (Lipinski definition) is 8. The molecule has 0 amide bonds. The summed E-state index contributed by atoms with van der Waals surface area (Å²) in [5, 5.41) is 84.9. The maximum Gasteiger partial charge on any atom is 0.331 e. The van der Waals surface area contributed by atoms with Crippen LogP contribution in [0.3, 0.4) is 0 Å². The monoisotopic (exact) mass is 986 g/mol. The Labute approximate surface area is 404 Å². The Hall–Kier alpha value is -7.76. The fraction of sp³-hybridized carbons (Fsp3) is 0.280. The highest BCUT2D eigenvalue weighted by Gasteiger charge is 2.61. The molecule has 4 aromatic carbocycles. The first-order valence-electron chi connectivity index (χ1n) is 21.5. The lowest BCUT2D eigenvalue weighted by Crippen LogP contribution is -2.64. The highest BCUT2D eigenvalue weighted by molar-refractivity contribution is 5.89. The van der Waals surface area contributed by atoms with Gasteiger partial charge in [0.05, 0.1) is 14.2 Å². The first-order chi connectivity index (χ1) is 34.0. The highest BCUT2D eigenvalue weighted by atomic mass is 16.8. The summed E-state index contributed by atoms with van der Waals surface area (Å²) in [6.07, 6.45) is -6.31. The predicted octanol–water partition coefficient (Wildman–Crippen LogP) is 2.50. The smallest absolute Gasteiger partial charge is 0.331 e. The number of rotatable bonds is 19. The zero-order valence-corrected chi connectivity index (χ0v) is 37.8. The van der Waals surface area contributed by atoms with E-state index in [0.29, 0.717) is 22.3 Å². The van der Waals surface area contributed by atoms with Crippen LogP contribution in [0.25, 0.3) is 24.3 Å². The van der Waals surface area contributed by atoms with Crippen LogP contribution in [0.15, 0.2) is 109 Å². The summed E-state index contributed by atoms with van der Waals surface area (Å²) in [6.45, 7) is -2.79. The van der Waals surface area contributed by atoms with Crippen LogP contribution in [-0.4, -0.2) is 154 Å². The van der Waals surface area contributed by atoms with E-state index in [0.717, 1.165) is 24.3 Å². The molecular weight excluding hydrogens is 937 g/mol. The normalized spacial score (nSPS) is 24.3. The summed E-state index contributed by atoms with van der Waals surface area (Å²) in [7, 11) is 2.65. The highest BCUT2D eigenvalue weighted by Crippen LogP contribution is 2.39. The molecular formula is C50H50O21. The van der Waals surface area contributed by atoms with Crippen molar-refractivity contribution in [2.24, 2.45) is 0 Å². The van der Waals surface area contributed by atoms with Crippen molar-refractivity contribution in [3.8, 4) is 34.5 Å². The lowest BCUT2D eigenvalue weighted by atomic mass is 9.98. The number of aromatic hydroxyl groups is 4. The lowest BCUT2D eigenvalue weighted by Gasteiger charge is -2.44. The standard InChI is InChI=1S/C50H50O21/c1-63-36-23-30(7-17-34(36)54)11-20-41(57)65-25-38-44(60)47(68-42(58)22-12-31-8-18-35(55)37(24-31)64-2)46(62)49(67-38)71-50(27-51)48(69-43(59)21-10-29-5-15-33(53)16-6-29)45(61)39(70-50)26-66-40(56)19-9-28-3-13-32(52)14-4-28/h3-24,38-39,44-49,51-55,60-62H,25-27H2,1-2H3/b19-9+,20-11+,21-10+,22-12+/t38-,39-,44-,45-,46-,47+,48+,49-,50+/m1/s1. The van der Waals surface area contributed by atoms with E-state index >= 15 is 0 Å². The minimum atomic E-state index is -2.68. The average molecular weight is 987 g/mol. The lowest BCUT2D eigenvalue weighted by molar-refractivity contribution is -0.383. The number of hydrogen-bond acceptors (Lipinski definition) is 21. The van der Waals surface area contributed by atoms with Gasteiger partial charge in [0.25, 0.3) is 0 Å². The Balaban J connectivity index is 1.26. The quantitative estimate of drug-likeness (QED) is 0.0380. The number of methoxy groups -OCH3 is 2. The molecule has 0 spiro atoms. The zero-order valence-electron chi connectivity index (χ0n) is 37.8. The third-order valence-electron chi connectivity index (χ3n) is 10.8. The number of benzene rings is 4. The zero-order chi connectivity index (χ0) is 51.2. The molecule has 0 saturated carbocycles. The molecule has 21 nitrogen and oxygen atoms in total. The van der Waals surface area contributed by atoms with Crippen LogP contribution in [0, 0.1) is 0 Å². The fourth-order valence-electron chi connectivity index (χ4n) is 7.06. The molecule has 2 heterocycles. The van der Waals surface area contributed by atoms with E-state index in [1.807, 2.05) is 0 Å². The number of phenols is 4. The maximum atomic E-state index is 13.3. The van der Waals surface area contributed by atoms with Crippen molar-refractivity contribution in [1.82, 2.24) is 0 Å². The molecule has 2 aliphatic heterocycles. The largest absolute Gasteiger partial charge is 0.508 e. The number of esters is 4. The molecule has 9 atom stereocenters. The Morgan fingerprint density at radius 3 is 1.48 bits per heavy atom. The number of ether oxygens (including phenoxy) is 9. The van der Waals surface area contributed by atoms with Crippen molar-refractivity contribution in [2.75, 3.05) is 34.0 Å². The van der Waals surface area contributed by atoms with Crippen LogP contribution >= 0.6 is 0 Å². The van der Waals surface area contributed by atoms with E-state index in [1.165, 1.54) is 123 Å². The summed E-state index contributed by atoms with van der Waals surface area (Å²) >= 11 is 0. The third kappa shape index (κ3) is 14.0. The van der Waals surface area contributed by atoms with Crippen LogP contribution in [-0.2, 0) is 52.3 Å². The van der Waals surface area contributed by atoms with Gasteiger partial charge >= 0.3 is 23.9 Å². The molecule has 6 rings (SSSR count). The predicted molar refractivity (Wildman–Crippen MR) is 246 cm³/mol. The van der Waals surface area contributed by atoms with Crippen LogP contribution in [0.1, 0.15) is 22.3 Å². The van der Waals surface area contributed by atoms with Crippen LogP contribution in [0.2, 0.25) is 0 Å². The Bertz CT molecular complexity index is 2610. The molecule has 2 aliphatic rings. The molecule has 71 heavy (non-hydrogen) atoms. The first-order valence-corrected chi connectivity index (χ1v) is 21.5. The molecule has 0 radical (unpaired) electrons. The second kappa shape index (κ2) is 24.2. The fourth-order valence-corrected chi connectivity index (χ4v) is 7.06. The summed E-state index contributed by atoms with van der Waals surface area (Å²) in [5.41, 5.74) is 1.75. The summed E-state index contributed by atoms with van der Waals surface area (Å²) in [6, 6.07) is 19.9. The molecule has 0 unspecified atom stereocenters. The van der Waals surface area contributed by atoms with Crippen LogP contribution in [0.4, 0.5) is 0 Å². The van der Waals surface area contributed by atoms with Gasteiger partial charge in [0.2, 0.25) is 5.79 Å². The van der Waals surface area contributed by atoms with Crippen molar-refractivity contribution >= 4 is 48.2 Å². The molecule has 2 fully saturated rings. The Morgan fingerprint density at radius 2 is 1.00 bits per heavy atom. The molecule has 4 aromatic rings. The van der Waals surface area contributed by atoms with Gasteiger partial charge in [0.1, 0.15) is 61.8 Å².